The molecular weight excluding hydrogens is 561 g/mol. The summed E-state index contributed by atoms with van der Waals surface area (Å²) in [6.45, 7) is 5.09. The molecule has 0 aliphatic heterocycles. The Bertz CT molecular complexity index is 780. The summed E-state index contributed by atoms with van der Waals surface area (Å²) in [7, 11) is 2.82. The zero-order valence-electron chi connectivity index (χ0n) is 25.9. The first kappa shape index (κ1) is 49.0. The van der Waals surface area contributed by atoms with Crippen LogP contribution >= 0.6 is 0 Å². The van der Waals surface area contributed by atoms with Gasteiger partial charge >= 0.3 is 69.3 Å². The van der Waals surface area contributed by atoms with E-state index in [1.54, 1.807) is 0 Å². The Morgan fingerprint density at radius 3 is 1.59 bits per heavy atom. The van der Waals surface area contributed by atoms with Crippen LogP contribution in [0.4, 0.5) is 0 Å². The molecule has 0 saturated heterocycles. The third-order valence-corrected chi connectivity index (χ3v) is 5.38. The van der Waals surface area contributed by atoms with Gasteiger partial charge in [-0.25, -0.2) is 0 Å². The average molecular weight is 614 g/mol. The van der Waals surface area contributed by atoms with Gasteiger partial charge in [0.2, 0.25) is 0 Å². The number of rotatable bonds is 20. The van der Waals surface area contributed by atoms with Gasteiger partial charge in [0.15, 0.2) is 0 Å². The summed E-state index contributed by atoms with van der Waals surface area (Å²) in [6.07, 6.45) is 8.58. The number of methoxy groups -OCH3 is 2. The van der Waals surface area contributed by atoms with Gasteiger partial charge in [0.1, 0.15) is 5.78 Å². The molecule has 0 bridgehead atoms. The Morgan fingerprint density at radius 1 is 0.780 bits per heavy atom. The Hall–Kier alpha value is -1.70. The zero-order valence-corrected chi connectivity index (χ0v) is 28.0. The predicted molar refractivity (Wildman–Crippen MR) is 155 cm³/mol. The quantitative estimate of drug-likeness (QED) is 0.0515. The first-order valence-electron chi connectivity index (χ1n) is 13.2. The molecule has 0 aromatic carbocycles. The van der Waals surface area contributed by atoms with Gasteiger partial charge < -0.3 is 21.7 Å². The molecule has 0 unspecified atom stereocenters. The number of hydrogen-bond donors (Lipinski definition) is 2. The second kappa shape index (κ2) is 38.3. The molecule has 0 saturated carbocycles. The fourth-order valence-electron chi connectivity index (χ4n) is 3.04. The number of nitrogens with two attached hydrogens (primary N) is 1. The van der Waals surface area contributed by atoms with E-state index in [4.69, 9.17) is 21.9 Å². The number of azide groups is 2. The van der Waals surface area contributed by atoms with Crippen molar-refractivity contribution >= 4 is 23.7 Å². The number of ketones is 1. The molecule has 0 radical (unpaired) electrons. The summed E-state index contributed by atoms with van der Waals surface area (Å²) in [5, 5.41) is 14.6. The van der Waals surface area contributed by atoms with Gasteiger partial charge in [-0.3, -0.25) is 19.2 Å². The smallest absolute Gasteiger partial charge is 1.00 e. The van der Waals surface area contributed by atoms with Crippen LogP contribution in [-0.4, -0.2) is 62.7 Å². The minimum Gasteiger partial charge on any atom is -1.00 e. The Balaban J connectivity index is -0.000000121. The summed E-state index contributed by atoms with van der Waals surface area (Å²) < 4.78 is 9.22. The van der Waals surface area contributed by atoms with Gasteiger partial charge in [-0.15, -0.1) is 0 Å². The van der Waals surface area contributed by atoms with Crippen molar-refractivity contribution in [2.75, 3.05) is 33.9 Å². The number of carboxylic acid groups (broad SMARTS) is 1. The van der Waals surface area contributed by atoms with Crippen LogP contribution in [0.5, 0.6) is 0 Å². The molecule has 0 aromatic rings. The number of esters is 2. The van der Waals surface area contributed by atoms with Crippen molar-refractivity contribution in [2.24, 2.45) is 27.8 Å². The van der Waals surface area contributed by atoms with E-state index in [0.29, 0.717) is 38.8 Å². The minimum absolute atomic E-state index is 0. The van der Waals surface area contributed by atoms with Crippen LogP contribution in [0.2, 0.25) is 0 Å². The van der Waals surface area contributed by atoms with Crippen LogP contribution in [-0.2, 0) is 28.7 Å². The first-order chi connectivity index (χ1) is 18.6. The predicted octanol–water partition coefficient (Wildman–Crippen LogP) is 3.24. The maximum Gasteiger partial charge on any atom is 1.00 e. The third-order valence-electron chi connectivity index (χ3n) is 5.38. The van der Waals surface area contributed by atoms with E-state index in [0.717, 1.165) is 44.9 Å². The van der Waals surface area contributed by atoms with Gasteiger partial charge in [-0.2, -0.15) is 0 Å². The van der Waals surface area contributed by atoms with Crippen LogP contribution in [0.25, 0.3) is 20.9 Å². The fourth-order valence-corrected chi connectivity index (χ4v) is 3.04. The van der Waals surface area contributed by atoms with Gasteiger partial charge in [-0.05, 0) is 56.1 Å². The Labute approximate surface area is 289 Å². The van der Waals surface area contributed by atoms with Crippen molar-refractivity contribution < 1.29 is 86.6 Å². The van der Waals surface area contributed by atoms with Crippen molar-refractivity contribution in [3.8, 4) is 0 Å². The first-order valence-corrected chi connectivity index (χ1v) is 13.2. The van der Waals surface area contributed by atoms with Crippen molar-refractivity contribution in [3.63, 3.8) is 0 Å². The molecule has 41 heavy (non-hydrogen) atoms. The van der Waals surface area contributed by atoms with Gasteiger partial charge in [0, 0.05) is 42.2 Å². The van der Waals surface area contributed by atoms with E-state index >= 15 is 0 Å². The summed E-state index contributed by atoms with van der Waals surface area (Å²) >= 11 is 0. The molecule has 2 atom stereocenters. The second-order valence-corrected chi connectivity index (χ2v) is 8.78. The molecule has 0 heterocycles. The van der Waals surface area contributed by atoms with E-state index in [9.17, 15) is 19.2 Å². The monoisotopic (exact) mass is 613 g/mol. The Kier molecular flexibility index (Phi) is 45.8. The van der Waals surface area contributed by atoms with Crippen LogP contribution in [0.3, 0.4) is 0 Å². The molecule has 0 fully saturated rings. The van der Waals surface area contributed by atoms with Crippen molar-refractivity contribution in [1.82, 2.24) is 0 Å². The molecule has 0 aliphatic carbocycles. The SMILES string of the molecule is C.COC(=O)[C@@H](C)CCCCCC(=O)CCCN=[N+]=[N-].COC(=O)[C@@H](C)CCCCN.[H-].[K+].[N-]=[N+]=NCCCC(=O)O. The van der Waals surface area contributed by atoms with Crippen molar-refractivity contribution in [2.45, 2.75) is 98.3 Å². The van der Waals surface area contributed by atoms with Crippen LogP contribution in [0, 0.1) is 11.8 Å². The fraction of sp³-hybridized carbons (Fsp3) is 0.846. The molecular formula is C26H52KN7O7. The van der Waals surface area contributed by atoms with E-state index < -0.39 is 5.97 Å². The van der Waals surface area contributed by atoms with E-state index in [1.165, 1.54) is 14.2 Å². The third kappa shape index (κ3) is 40.5. The molecule has 0 aromatic heterocycles. The maximum atomic E-state index is 11.4. The number of aliphatic carboxylic acids is 1. The van der Waals surface area contributed by atoms with E-state index in [2.05, 4.69) is 29.5 Å². The molecule has 15 heteroatoms. The van der Waals surface area contributed by atoms with Gasteiger partial charge in [0.25, 0.3) is 0 Å². The molecule has 0 aliphatic rings. The number of unbranched alkanes of at least 4 members (excludes halogenated alkanes) is 3. The average Bonchev–Trinajstić information content (AvgIpc) is 2.92. The van der Waals surface area contributed by atoms with E-state index in [-0.39, 0.29) is 103 Å². The van der Waals surface area contributed by atoms with Crippen molar-refractivity contribution in [3.05, 3.63) is 20.9 Å². The molecule has 3 N–H and O–H groups in total. The normalized spacial score (nSPS) is 10.5. The number of carbonyl (C=O) groups is 4. The van der Waals surface area contributed by atoms with E-state index in [1.807, 2.05) is 13.8 Å². The maximum absolute atomic E-state index is 11.4. The van der Waals surface area contributed by atoms with Crippen LogP contribution in [0.15, 0.2) is 10.2 Å². The standard InChI is InChI=1S/C13H23N3O3.C8H17NO2.C4H7N3O2.CH4.K.H/c1-11(13(18)19-2)7-4-3-5-8-12(17)9-6-10-15-16-14;1-7(8(10)11-2)5-3-4-6-9;5-7-6-3-1-2-4(8)9;;;/h11H,3-10H2,1-2H3;7H,3-6,9H2,1-2H3;1-3H2,(H,8,9);1H4;;/q;;;;+1;-1/t11-;7-;;;;/m00..../s1. The molecule has 234 valence electrons. The number of carbonyl (C=O) groups excluding carboxylic acids is 3. The molecule has 0 rings (SSSR count). The van der Waals surface area contributed by atoms with Crippen LogP contribution in [0.1, 0.15) is 99.8 Å². The second-order valence-electron chi connectivity index (χ2n) is 8.78. The summed E-state index contributed by atoms with van der Waals surface area (Å²) in [4.78, 5) is 48.4. The van der Waals surface area contributed by atoms with Crippen molar-refractivity contribution in [1.29, 1.82) is 0 Å². The number of carboxylic acids is 1. The molecule has 0 amide bonds. The van der Waals surface area contributed by atoms with Crippen LogP contribution < -0.4 is 57.1 Å². The largest absolute Gasteiger partial charge is 1.00 e. The number of hydrogen-bond acceptors (Lipinski definition) is 9. The summed E-state index contributed by atoms with van der Waals surface area (Å²) in [5.41, 5.74) is 21.1. The van der Waals surface area contributed by atoms with Gasteiger partial charge in [-0.1, -0.05) is 50.8 Å². The Morgan fingerprint density at radius 2 is 1.20 bits per heavy atom. The number of nitrogens with zero attached hydrogens (tertiary/aromatic N) is 6. The minimum atomic E-state index is -0.858. The number of ether oxygens (including phenoxy) is 2. The summed E-state index contributed by atoms with van der Waals surface area (Å²) in [6, 6.07) is 0. The number of Topliss-reactive ketones (excluding diaryl/α,β-unsaturated/α-hetero) is 1. The summed E-state index contributed by atoms with van der Waals surface area (Å²) in [5.74, 6) is -0.982. The van der Waals surface area contributed by atoms with Gasteiger partial charge in [0.05, 0.1) is 26.1 Å². The topological polar surface area (TPSA) is 231 Å². The molecule has 0 spiro atoms. The zero-order chi connectivity index (χ0) is 30.3. The molecule has 14 nitrogen and oxygen atoms in total.